The molecule has 6 nitrogen and oxygen atoms in total. The summed E-state index contributed by atoms with van der Waals surface area (Å²) in [6.07, 6.45) is 3.64. The van der Waals surface area contributed by atoms with Gasteiger partial charge in [0.05, 0.1) is 0 Å². The molecular weight excluding hydrogens is 456 g/mol. The minimum absolute atomic E-state index is 0.182. The van der Waals surface area contributed by atoms with Crippen molar-refractivity contribution >= 4 is 23.4 Å². The van der Waals surface area contributed by atoms with Crippen molar-refractivity contribution in [2.75, 3.05) is 5.32 Å². The lowest BCUT2D eigenvalue weighted by Crippen LogP contribution is -2.11. The number of anilines is 1. The van der Waals surface area contributed by atoms with Crippen LogP contribution in [0.15, 0.2) is 107 Å². The number of pyridine rings is 1. The number of aromatic nitrogens is 3. The van der Waals surface area contributed by atoms with Gasteiger partial charge in [0.25, 0.3) is 5.91 Å². The number of aryl methyl sites for hydroxylation is 1. The zero-order chi connectivity index (χ0) is 24.0. The first-order valence-electron chi connectivity index (χ1n) is 11.1. The molecule has 0 radical (unpaired) electrons. The lowest BCUT2D eigenvalue weighted by atomic mass is 10.1. The van der Waals surface area contributed by atoms with Gasteiger partial charge in [-0.2, -0.15) is 0 Å². The number of thioether (sulfide) groups is 1. The average Bonchev–Trinajstić information content (AvgIpc) is 3.40. The maximum Gasteiger partial charge on any atom is 0.255 e. The number of rotatable bonds is 7. The summed E-state index contributed by atoms with van der Waals surface area (Å²) in [5.41, 5.74) is 5.21. The fourth-order valence-corrected chi connectivity index (χ4v) is 4.32. The molecule has 172 valence electrons. The molecule has 2 aromatic heterocycles. The third-order valence-corrected chi connectivity index (χ3v) is 6.41. The second kappa shape index (κ2) is 10.4. The van der Waals surface area contributed by atoms with Gasteiger partial charge < -0.3 is 9.73 Å². The van der Waals surface area contributed by atoms with Gasteiger partial charge in [-0.1, -0.05) is 23.8 Å². The van der Waals surface area contributed by atoms with Crippen molar-refractivity contribution in [2.45, 2.75) is 17.6 Å². The highest BCUT2D eigenvalue weighted by molar-refractivity contribution is 7.98. The molecule has 1 amide bonds. The number of hydrogen-bond acceptors (Lipinski definition) is 6. The fraction of sp³-hybridized carbons (Fsp3) is 0.0714. The first kappa shape index (κ1) is 22.6. The monoisotopic (exact) mass is 478 g/mol. The van der Waals surface area contributed by atoms with Crippen molar-refractivity contribution in [3.8, 4) is 22.9 Å². The van der Waals surface area contributed by atoms with Crippen molar-refractivity contribution in [2.24, 2.45) is 0 Å². The van der Waals surface area contributed by atoms with Gasteiger partial charge in [0, 0.05) is 45.4 Å². The van der Waals surface area contributed by atoms with Crippen molar-refractivity contribution in [3.05, 3.63) is 114 Å². The third kappa shape index (κ3) is 5.65. The van der Waals surface area contributed by atoms with Crippen LogP contribution in [0, 0.1) is 6.92 Å². The Labute approximate surface area is 207 Å². The quantitative estimate of drug-likeness (QED) is 0.264. The number of nitrogens with zero attached hydrogens (tertiary/aromatic N) is 3. The Bertz CT molecular complexity index is 1430. The van der Waals surface area contributed by atoms with E-state index in [0.29, 0.717) is 17.3 Å². The number of carbonyl (C=O) groups excluding carboxylic acids is 1. The Kier molecular flexibility index (Phi) is 6.68. The van der Waals surface area contributed by atoms with E-state index in [9.17, 15) is 4.79 Å². The van der Waals surface area contributed by atoms with E-state index in [0.717, 1.165) is 33.0 Å². The van der Waals surface area contributed by atoms with Crippen LogP contribution in [0.1, 0.15) is 21.5 Å². The average molecular weight is 479 g/mol. The predicted molar refractivity (Wildman–Crippen MR) is 138 cm³/mol. The molecule has 0 unspecified atom stereocenters. The van der Waals surface area contributed by atoms with E-state index >= 15 is 0 Å². The Hall–Kier alpha value is -4.23. The molecule has 35 heavy (non-hydrogen) atoms. The molecule has 2 heterocycles. The molecule has 5 rings (SSSR count). The van der Waals surface area contributed by atoms with Gasteiger partial charge in [-0.05, 0) is 79.2 Å². The molecule has 7 heteroatoms. The molecule has 0 aliphatic rings. The number of amides is 1. The second-order valence-electron chi connectivity index (χ2n) is 7.99. The SMILES string of the molecule is Cc1cccc(-c2nnc(-c3ccc(C(=O)Nc4ccc(SCc5cccnc5)cc4)cc3)o2)c1. The smallest absolute Gasteiger partial charge is 0.255 e. The molecule has 0 fully saturated rings. The van der Waals surface area contributed by atoms with E-state index in [2.05, 4.69) is 26.6 Å². The Morgan fingerprint density at radius 1 is 0.886 bits per heavy atom. The van der Waals surface area contributed by atoms with Crippen LogP contribution < -0.4 is 5.32 Å². The van der Waals surface area contributed by atoms with Crippen LogP contribution in [0.25, 0.3) is 22.9 Å². The van der Waals surface area contributed by atoms with Crippen LogP contribution in [0.3, 0.4) is 0 Å². The highest BCUT2D eigenvalue weighted by Gasteiger charge is 2.12. The summed E-state index contributed by atoms with van der Waals surface area (Å²) in [7, 11) is 0. The first-order chi connectivity index (χ1) is 17.1. The molecule has 3 aromatic carbocycles. The largest absolute Gasteiger partial charge is 0.416 e. The lowest BCUT2D eigenvalue weighted by molar-refractivity contribution is 0.102. The van der Waals surface area contributed by atoms with Gasteiger partial charge in [-0.25, -0.2) is 0 Å². The zero-order valence-electron chi connectivity index (χ0n) is 19.0. The highest BCUT2D eigenvalue weighted by atomic mass is 32.2. The minimum atomic E-state index is -0.182. The number of hydrogen-bond donors (Lipinski definition) is 1. The van der Waals surface area contributed by atoms with Crippen LogP contribution >= 0.6 is 11.8 Å². The molecule has 0 aliphatic carbocycles. The van der Waals surface area contributed by atoms with Crippen LogP contribution in [0.4, 0.5) is 5.69 Å². The van der Waals surface area contributed by atoms with Gasteiger partial charge >= 0.3 is 0 Å². The normalized spacial score (nSPS) is 10.8. The first-order valence-corrected chi connectivity index (χ1v) is 12.1. The number of nitrogens with one attached hydrogen (secondary N) is 1. The molecule has 0 atom stereocenters. The Morgan fingerprint density at radius 3 is 2.37 bits per heavy atom. The number of benzene rings is 3. The number of carbonyl (C=O) groups is 1. The van der Waals surface area contributed by atoms with E-state index < -0.39 is 0 Å². The summed E-state index contributed by atoms with van der Waals surface area (Å²) in [4.78, 5) is 18.0. The van der Waals surface area contributed by atoms with E-state index in [-0.39, 0.29) is 5.91 Å². The maximum absolute atomic E-state index is 12.7. The molecular formula is C28H22N4O2S. The summed E-state index contributed by atoms with van der Waals surface area (Å²) in [6.45, 7) is 2.02. The molecule has 0 spiro atoms. The molecule has 0 saturated carbocycles. The van der Waals surface area contributed by atoms with Gasteiger partial charge in [0.15, 0.2) is 0 Å². The van der Waals surface area contributed by atoms with Gasteiger partial charge in [-0.15, -0.1) is 22.0 Å². The predicted octanol–water partition coefficient (Wildman–Crippen LogP) is 6.65. The van der Waals surface area contributed by atoms with Gasteiger partial charge in [-0.3, -0.25) is 9.78 Å². The van der Waals surface area contributed by atoms with E-state index in [4.69, 9.17) is 4.42 Å². The summed E-state index contributed by atoms with van der Waals surface area (Å²) < 4.78 is 5.84. The van der Waals surface area contributed by atoms with Crippen molar-refractivity contribution in [1.82, 2.24) is 15.2 Å². The van der Waals surface area contributed by atoms with Crippen LogP contribution in [-0.2, 0) is 5.75 Å². The molecule has 0 aliphatic heterocycles. The Morgan fingerprint density at radius 2 is 1.66 bits per heavy atom. The second-order valence-corrected chi connectivity index (χ2v) is 9.04. The van der Waals surface area contributed by atoms with E-state index in [1.54, 1.807) is 42.2 Å². The summed E-state index contributed by atoms with van der Waals surface area (Å²) in [5.74, 6) is 1.54. The third-order valence-electron chi connectivity index (χ3n) is 5.32. The maximum atomic E-state index is 12.7. The molecule has 1 N–H and O–H groups in total. The standard InChI is InChI=1S/C28H22N4O2S/c1-19-4-2-6-23(16-19)28-32-31-27(34-28)22-9-7-21(8-10-22)26(33)30-24-11-13-25(14-12-24)35-18-20-5-3-15-29-17-20/h2-17H,18H2,1H3,(H,30,33). The summed E-state index contributed by atoms with van der Waals surface area (Å²) in [5, 5.41) is 11.2. The topological polar surface area (TPSA) is 80.9 Å². The Balaban J connectivity index is 1.20. The molecule has 5 aromatic rings. The lowest BCUT2D eigenvalue weighted by Gasteiger charge is -2.07. The van der Waals surface area contributed by atoms with Gasteiger partial charge in [0.2, 0.25) is 11.8 Å². The minimum Gasteiger partial charge on any atom is -0.416 e. The van der Waals surface area contributed by atoms with E-state index in [1.165, 1.54) is 5.56 Å². The van der Waals surface area contributed by atoms with Crippen LogP contribution in [0.5, 0.6) is 0 Å². The van der Waals surface area contributed by atoms with E-state index in [1.807, 2.05) is 67.7 Å². The molecule has 0 bridgehead atoms. The summed E-state index contributed by atoms with van der Waals surface area (Å²) in [6, 6.07) is 26.8. The zero-order valence-corrected chi connectivity index (χ0v) is 19.8. The highest BCUT2D eigenvalue weighted by Crippen LogP contribution is 2.26. The fourth-order valence-electron chi connectivity index (χ4n) is 3.49. The van der Waals surface area contributed by atoms with Crippen molar-refractivity contribution in [3.63, 3.8) is 0 Å². The van der Waals surface area contributed by atoms with Crippen LogP contribution in [-0.4, -0.2) is 21.1 Å². The summed E-state index contributed by atoms with van der Waals surface area (Å²) >= 11 is 1.73. The van der Waals surface area contributed by atoms with Crippen molar-refractivity contribution < 1.29 is 9.21 Å². The van der Waals surface area contributed by atoms with Crippen molar-refractivity contribution in [1.29, 1.82) is 0 Å². The molecule has 0 saturated heterocycles. The van der Waals surface area contributed by atoms with Gasteiger partial charge in [0.1, 0.15) is 0 Å². The van der Waals surface area contributed by atoms with Crippen LogP contribution in [0.2, 0.25) is 0 Å².